The highest BCUT2D eigenvalue weighted by Crippen LogP contribution is 2.27. The lowest BCUT2D eigenvalue weighted by Gasteiger charge is -2.05. The van der Waals surface area contributed by atoms with Crippen molar-refractivity contribution in [2.75, 3.05) is 5.73 Å². The van der Waals surface area contributed by atoms with Gasteiger partial charge < -0.3 is 15.8 Å². The molecule has 0 aliphatic carbocycles. The van der Waals surface area contributed by atoms with Gasteiger partial charge in [0, 0.05) is 22.3 Å². The molecule has 0 aliphatic heterocycles. The van der Waals surface area contributed by atoms with E-state index in [9.17, 15) is 9.59 Å². The van der Waals surface area contributed by atoms with Gasteiger partial charge in [-0.15, -0.1) is 0 Å². The van der Waals surface area contributed by atoms with Gasteiger partial charge in [-0.3, -0.25) is 4.79 Å². The van der Waals surface area contributed by atoms with E-state index in [0.717, 1.165) is 0 Å². The Morgan fingerprint density at radius 1 is 1.42 bits per heavy atom. The summed E-state index contributed by atoms with van der Waals surface area (Å²) in [4.78, 5) is 29.6. The number of nitrogen functional groups attached to an aromatic ring is 1. The summed E-state index contributed by atoms with van der Waals surface area (Å²) in [5, 5.41) is 9.31. The summed E-state index contributed by atoms with van der Waals surface area (Å²) >= 11 is 1.21. The number of aromatic carboxylic acids is 1. The van der Waals surface area contributed by atoms with Gasteiger partial charge in [-0.25, -0.2) is 9.78 Å². The van der Waals surface area contributed by atoms with E-state index in [1.165, 1.54) is 30.0 Å². The third kappa shape index (κ3) is 3.14. The number of rotatable bonds is 3. The average Bonchev–Trinajstić information content (AvgIpc) is 2.26. The summed E-state index contributed by atoms with van der Waals surface area (Å²) in [5.41, 5.74) is 6.25. The molecular weight excluding hydrogens is 266 g/mol. The first-order valence-electron chi connectivity index (χ1n) is 5.34. The Balaban J connectivity index is 2.31. The lowest BCUT2D eigenvalue weighted by Crippen LogP contribution is -2.08. The number of H-pyrrole nitrogens is 1. The Labute approximate surface area is 112 Å². The lowest BCUT2D eigenvalue weighted by molar-refractivity contribution is 0.0698. The zero-order chi connectivity index (χ0) is 14.0. The van der Waals surface area contributed by atoms with E-state index in [-0.39, 0.29) is 16.8 Å². The van der Waals surface area contributed by atoms with Crippen molar-refractivity contribution in [3.63, 3.8) is 0 Å². The van der Waals surface area contributed by atoms with Crippen LogP contribution in [-0.2, 0) is 0 Å². The highest BCUT2D eigenvalue weighted by atomic mass is 32.2. The van der Waals surface area contributed by atoms with E-state index >= 15 is 0 Å². The highest BCUT2D eigenvalue weighted by molar-refractivity contribution is 7.99. The molecule has 1 aromatic carbocycles. The number of nitrogens with two attached hydrogens (primary N) is 1. The van der Waals surface area contributed by atoms with E-state index in [4.69, 9.17) is 10.8 Å². The van der Waals surface area contributed by atoms with Gasteiger partial charge in [0.15, 0.2) is 5.16 Å². The quantitative estimate of drug-likeness (QED) is 0.579. The number of aromatic amines is 1. The Hall–Kier alpha value is -2.28. The molecule has 0 atom stereocenters. The highest BCUT2D eigenvalue weighted by Gasteiger charge is 2.09. The zero-order valence-corrected chi connectivity index (χ0v) is 10.8. The molecule has 19 heavy (non-hydrogen) atoms. The van der Waals surface area contributed by atoms with Crippen LogP contribution in [0.2, 0.25) is 0 Å². The molecule has 1 aromatic heterocycles. The minimum atomic E-state index is -1.07. The predicted molar refractivity (Wildman–Crippen MR) is 71.5 cm³/mol. The number of aryl methyl sites for hydroxylation is 1. The topological polar surface area (TPSA) is 109 Å². The van der Waals surface area contributed by atoms with Gasteiger partial charge in [0.05, 0.1) is 5.56 Å². The van der Waals surface area contributed by atoms with Crippen LogP contribution in [0.4, 0.5) is 5.69 Å². The van der Waals surface area contributed by atoms with Crippen molar-refractivity contribution in [3.8, 4) is 0 Å². The summed E-state index contributed by atoms with van der Waals surface area (Å²) in [5.74, 6) is -1.07. The van der Waals surface area contributed by atoms with Crippen molar-refractivity contribution in [2.24, 2.45) is 0 Å². The summed E-state index contributed by atoms with van der Waals surface area (Å²) in [6.45, 7) is 1.72. The first-order chi connectivity index (χ1) is 8.95. The van der Waals surface area contributed by atoms with Gasteiger partial charge in [0.2, 0.25) is 0 Å². The zero-order valence-electron chi connectivity index (χ0n) is 10.0. The van der Waals surface area contributed by atoms with E-state index in [2.05, 4.69) is 9.97 Å². The standard InChI is InChI=1S/C12H11N3O3S/c1-6-4-10(16)15-12(14-6)19-7-2-3-8(11(17)18)9(13)5-7/h2-5H,13H2,1H3,(H,17,18)(H,14,15,16). The molecule has 2 aromatic rings. The van der Waals surface area contributed by atoms with Crippen molar-refractivity contribution in [3.05, 3.63) is 45.9 Å². The number of carboxylic acids is 1. The van der Waals surface area contributed by atoms with Crippen molar-refractivity contribution in [1.82, 2.24) is 9.97 Å². The fraction of sp³-hybridized carbons (Fsp3) is 0.0833. The molecule has 0 saturated carbocycles. The van der Waals surface area contributed by atoms with E-state index < -0.39 is 5.97 Å². The smallest absolute Gasteiger partial charge is 0.337 e. The number of anilines is 1. The second kappa shape index (κ2) is 5.15. The van der Waals surface area contributed by atoms with Crippen LogP contribution in [0.5, 0.6) is 0 Å². The molecule has 0 aliphatic rings. The van der Waals surface area contributed by atoms with E-state index in [1.807, 2.05) is 0 Å². The SMILES string of the molecule is Cc1cc(=O)[nH]c(Sc2ccc(C(=O)O)c(N)c2)n1. The van der Waals surface area contributed by atoms with Gasteiger partial charge in [-0.2, -0.15) is 0 Å². The van der Waals surface area contributed by atoms with Gasteiger partial charge >= 0.3 is 5.97 Å². The molecule has 0 amide bonds. The van der Waals surface area contributed by atoms with Crippen LogP contribution in [0.15, 0.2) is 39.1 Å². The predicted octanol–water partition coefficient (Wildman–Crippen LogP) is 1.51. The minimum Gasteiger partial charge on any atom is -0.478 e. The molecule has 98 valence electrons. The van der Waals surface area contributed by atoms with Crippen LogP contribution in [0.25, 0.3) is 0 Å². The normalized spacial score (nSPS) is 10.4. The maximum atomic E-state index is 11.3. The molecule has 0 fully saturated rings. The van der Waals surface area contributed by atoms with Crippen LogP contribution in [0.3, 0.4) is 0 Å². The van der Waals surface area contributed by atoms with Crippen molar-refractivity contribution < 1.29 is 9.90 Å². The molecule has 0 radical (unpaired) electrons. The third-order valence-corrected chi connectivity index (χ3v) is 3.19. The van der Waals surface area contributed by atoms with Gasteiger partial charge in [0.25, 0.3) is 5.56 Å². The second-order valence-corrected chi connectivity index (χ2v) is 4.91. The van der Waals surface area contributed by atoms with Crippen LogP contribution in [-0.4, -0.2) is 21.0 Å². The number of carboxylic acid groups (broad SMARTS) is 1. The Morgan fingerprint density at radius 3 is 2.74 bits per heavy atom. The monoisotopic (exact) mass is 277 g/mol. The molecule has 1 heterocycles. The first-order valence-corrected chi connectivity index (χ1v) is 6.16. The average molecular weight is 277 g/mol. The van der Waals surface area contributed by atoms with Crippen LogP contribution in [0, 0.1) is 6.92 Å². The minimum absolute atomic E-state index is 0.0510. The summed E-state index contributed by atoms with van der Waals surface area (Å²) < 4.78 is 0. The molecule has 6 nitrogen and oxygen atoms in total. The summed E-state index contributed by atoms with van der Waals surface area (Å²) in [6, 6.07) is 5.98. The summed E-state index contributed by atoms with van der Waals surface area (Å²) in [6.07, 6.45) is 0. The van der Waals surface area contributed by atoms with Gasteiger partial charge in [-0.1, -0.05) is 11.8 Å². The molecular formula is C12H11N3O3S. The van der Waals surface area contributed by atoms with Gasteiger partial charge in [-0.05, 0) is 25.1 Å². The third-order valence-electron chi connectivity index (χ3n) is 2.32. The van der Waals surface area contributed by atoms with E-state index in [0.29, 0.717) is 15.7 Å². The molecule has 7 heteroatoms. The number of aromatic nitrogens is 2. The maximum absolute atomic E-state index is 11.3. The molecule has 0 bridgehead atoms. The van der Waals surface area contributed by atoms with Gasteiger partial charge in [0.1, 0.15) is 0 Å². The number of nitrogens with zero attached hydrogens (tertiary/aromatic N) is 1. The lowest BCUT2D eigenvalue weighted by atomic mass is 10.2. The number of hydrogen-bond acceptors (Lipinski definition) is 5. The number of nitrogens with one attached hydrogen (secondary N) is 1. The van der Waals surface area contributed by atoms with Crippen LogP contribution >= 0.6 is 11.8 Å². The van der Waals surface area contributed by atoms with E-state index in [1.54, 1.807) is 13.0 Å². The van der Waals surface area contributed by atoms with Crippen molar-refractivity contribution in [2.45, 2.75) is 17.0 Å². The molecule has 2 rings (SSSR count). The molecule has 0 saturated heterocycles. The van der Waals surface area contributed by atoms with Crippen molar-refractivity contribution in [1.29, 1.82) is 0 Å². The number of benzene rings is 1. The Kier molecular flexibility index (Phi) is 3.57. The number of carbonyl (C=O) groups is 1. The largest absolute Gasteiger partial charge is 0.478 e. The van der Waals surface area contributed by atoms with Crippen LogP contribution < -0.4 is 11.3 Å². The number of hydrogen-bond donors (Lipinski definition) is 3. The molecule has 0 unspecified atom stereocenters. The molecule has 4 N–H and O–H groups in total. The maximum Gasteiger partial charge on any atom is 0.337 e. The first kappa shape index (κ1) is 13.2. The van der Waals surface area contributed by atoms with Crippen LogP contribution in [0.1, 0.15) is 16.1 Å². The Morgan fingerprint density at radius 2 is 2.16 bits per heavy atom. The summed E-state index contributed by atoms with van der Waals surface area (Å²) in [7, 11) is 0. The second-order valence-electron chi connectivity index (χ2n) is 3.85. The fourth-order valence-electron chi connectivity index (χ4n) is 1.51. The Bertz CT molecular complexity index is 697. The fourth-order valence-corrected chi connectivity index (χ4v) is 2.40. The molecule has 0 spiro atoms. The van der Waals surface area contributed by atoms with Crippen molar-refractivity contribution >= 4 is 23.4 Å².